The smallest absolute Gasteiger partial charge is 0.257 e. The van der Waals surface area contributed by atoms with Crippen molar-refractivity contribution in [1.82, 2.24) is 9.80 Å². The second kappa shape index (κ2) is 10.7. The predicted molar refractivity (Wildman–Crippen MR) is 128 cm³/mol. The molecule has 1 heterocycles. The number of amides is 2. The van der Waals surface area contributed by atoms with Crippen LogP contribution in [0.5, 0.6) is 5.75 Å². The summed E-state index contributed by atoms with van der Waals surface area (Å²) in [6, 6.07) is 17.5. The topological polar surface area (TPSA) is 49.9 Å². The molecular weight excluding hydrogens is 400 g/mol. The quantitative estimate of drug-likeness (QED) is 0.694. The van der Waals surface area contributed by atoms with E-state index in [2.05, 4.69) is 12.1 Å². The fourth-order valence-electron chi connectivity index (χ4n) is 4.14. The Morgan fingerprint density at radius 2 is 1.66 bits per heavy atom. The van der Waals surface area contributed by atoms with Crippen LogP contribution in [0.3, 0.4) is 0 Å². The standard InChI is InChI=1S/C27H36N2O3/c1-5-28-17-11-12-18-29(26(31)27(2,3)4)22(19-21-13-7-6-8-14-21)20-32-24-16-10-9-15-23(24)25(28)30/h6-10,13-16,22H,5,11-12,17-20H2,1-4H3/t22-/m0/s1. The number of nitrogens with zero attached hydrogens (tertiary/aromatic N) is 2. The van der Waals surface area contributed by atoms with E-state index in [1.807, 2.05) is 80.0 Å². The SMILES string of the molecule is CCN1CCCCN(C(=O)C(C)(C)C)[C@@H](Cc2ccccc2)COc2ccccc2C1=O. The van der Waals surface area contributed by atoms with Gasteiger partial charge in [-0.2, -0.15) is 0 Å². The molecule has 3 rings (SSSR count). The van der Waals surface area contributed by atoms with E-state index in [-0.39, 0.29) is 17.9 Å². The number of hydrogen-bond acceptors (Lipinski definition) is 3. The van der Waals surface area contributed by atoms with Gasteiger partial charge in [-0.3, -0.25) is 9.59 Å². The zero-order chi connectivity index (χ0) is 23.1. The van der Waals surface area contributed by atoms with Crippen molar-refractivity contribution in [2.24, 2.45) is 5.41 Å². The molecule has 2 aromatic rings. The molecule has 5 nitrogen and oxygen atoms in total. The summed E-state index contributed by atoms with van der Waals surface area (Å²) in [6.07, 6.45) is 2.41. The van der Waals surface area contributed by atoms with Gasteiger partial charge in [0, 0.05) is 25.0 Å². The van der Waals surface area contributed by atoms with Gasteiger partial charge in [0.05, 0.1) is 11.6 Å². The number of carbonyl (C=O) groups excluding carboxylic acids is 2. The Labute approximate surface area is 192 Å². The van der Waals surface area contributed by atoms with Crippen LogP contribution >= 0.6 is 0 Å². The van der Waals surface area contributed by atoms with Gasteiger partial charge in [-0.15, -0.1) is 0 Å². The van der Waals surface area contributed by atoms with Crippen molar-refractivity contribution in [1.29, 1.82) is 0 Å². The molecule has 0 N–H and O–H groups in total. The van der Waals surface area contributed by atoms with E-state index < -0.39 is 5.41 Å². The van der Waals surface area contributed by atoms with Crippen LogP contribution in [0, 0.1) is 5.41 Å². The number of benzene rings is 2. The van der Waals surface area contributed by atoms with Crippen molar-refractivity contribution >= 4 is 11.8 Å². The summed E-state index contributed by atoms with van der Waals surface area (Å²) in [5.74, 6) is 0.722. The van der Waals surface area contributed by atoms with Gasteiger partial charge in [0.15, 0.2) is 0 Å². The van der Waals surface area contributed by atoms with Gasteiger partial charge in [0.1, 0.15) is 12.4 Å². The van der Waals surface area contributed by atoms with Crippen molar-refractivity contribution in [2.45, 2.75) is 53.0 Å². The lowest BCUT2D eigenvalue weighted by Gasteiger charge is -2.37. The van der Waals surface area contributed by atoms with Crippen LogP contribution in [0.4, 0.5) is 0 Å². The average Bonchev–Trinajstić information content (AvgIpc) is 2.78. The molecule has 0 spiro atoms. The van der Waals surface area contributed by atoms with Crippen LogP contribution in [0.1, 0.15) is 56.5 Å². The van der Waals surface area contributed by atoms with Gasteiger partial charge < -0.3 is 14.5 Å². The molecule has 0 saturated heterocycles. The lowest BCUT2D eigenvalue weighted by atomic mass is 9.92. The lowest BCUT2D eigenvalue weighted by Crippen LogP contribution is -2.50. The fourth-order valence-corrected chi connectivity index (χ4v) is 4.14. The van der Waals surface area contributed by atoms with Crippen LogP contribution < -0.4 is 4.74 Å². The largest absolute Gasteiger partial charge is 0.491 e. The molecule has 5 heteroatoms. The van der Waals surface area contributed by atoms with Gasteiger partial charge in [-0.25, -0.2) is 0 Å². The monoisotopic (exact) mass is 436 g/mol. The minimum atomic E-state index is -0.477. The maximum atomic E-state index is 13.5. The number of hydrogen-bond donors (Lipinski definition) is 0. The van der Waals surface area contributed by atoms with Crippen molar-refractivity contribution in [3.05, 3.63) is 65.7 Å². The van der Waals surface area contributed by atoms with Crippen molar-refractivity contribution in [2.75, 3.05) is 26.2 Å². The summed E-state index contributed by atoms with van der Waals surface area (Å²) >= 11 is 0. The third-order valence-corrected chi connectivity index (χ3v) is 5.95. The molecular formula is C27H36N2O3. The third-order valence-electron chi connectivity index (χ3n) is 5.95. The highest BCUT2D eigenvalue weighted by Crippen LogP contribution is 2.25. The first kappa shape index (κ1) is 23.8. The highest BCUT2D eigenvalue weighted by Gasteiger charge is 2.33. The molecule has 0 fully saturated rings. The molecule has 1 aliphatic rings. The first-order chi connectivity index (χ1) is 15.3. The van der Waals surface area contributed by atoms with Crippen LogP contribution in [-0.2, 0) is 11.2 Å². The van der Waals surface area contributed by atoms with Crippen molar-refractivity contribution < 1.29 is 14.3 Å². The Kier molecular flexibility index (Phi) is 7.94. The van der Waals surface area contributed by atoms with Gasteiger partial charge in [-0.1, -0.05) is 63.2 Å². The van der Waals surface area contributed by atoms with Crippen LogP contribution in [0.15, 0.2) is 54.6 Å². The highest BCUT2D eigenvalue weighted by atomic mass is 16.5. The number of rotatable bonds is 3. The van der Waals surface area contributed by atoms with Gasteiger partial charge in [0.2, 0.25) is 5.91 Å². The summed E-state index contributed by atoms with van der Waals surface area (Å²) in [5, 5.41) is 0. The summed E-state index contributed by atoms with van der Waals surface area (Å²) in [7, 11) is 0. The van der Waals surface area contributed by atoms with E-state index in [0.29, 0.717) is 44.0 Å². The Balaban J connectivity index is 1.97. The molecule has 0 aliphatic carbocycles. The molecule has 1 aliphatic heterocycles. The van der Waals surface area contributed by atoms with E-state index in [1.165, 1.54) is 5.56 Å². The third kappa shape index (κ3) is 5.90. The second-order valence-corrected chi connectivity index (χ2v) is 9.49. The number of fused-ring (bicyclic) bond motifs is 1. The Bertz CT molecular complexity index is 905. The van der Waals surface area contributed by atoms with Gasteiger partial charge >= 0.3 is 0 Å². The Hall–Kier alpha value is -2.82. The highest BCUT2D eigenvalue weighted by molar-refractivity contribution is 5.97. The van der Waals surface area contributed by atoms with Gasteiger partial charge in [0.25, 0.3) is 5.91 Å². The maximum Gasteiger partial charge on any atom is 0.257 e. The van der Waals surface area contributed by atoms with Crippen LogP contribution in [0.2, 0.25) is 0 Å². The van der Waals surface area contributed by atoms with E-state index in [4.69, 9.17) is 4.74 Å². The summed E-state index contributed by atoms with van der Waals surface area (Å²) in [5.41, 5.74) is 1.28. The van der Waals surface area contributed by atoms with Crippen molar-refractivity contribution in [3.63, 3.8) is 0 Å². The number of carbonyl (C=O) groups is 2. The number of ether oxygens (including phenoxy) is 1. The molecule has 0 radical (unpaired) electrons. The Morgan fingerprint density at radius 3 is 2.34 bits per heavy atom. The van der Waals surface area contributed by atoms with E-state index >= 15 is 0 Å². The summed E-state index contributed by atoms with van der Waals surface area (Å²) < 4.78 is 6.26. The van der Waals surface area contributed by atoms with E-state index in [9.17, 15) is 9.59 Å². The summed E-state index contributed by atoms with van der Waals surface area (Å²) in [4.78, 5) is 30.5. The average molecular weight is 437 g/mol. The van der Waals surface area contributed by atoms with Crippen molar-refractivity contribution in [3.8, 4) is 5.75 Å². The van der Waals surface area contributed by atoms with E-state index in [1.54, 1.807) is 0 Å². The molecule has 0 aromatic heterocycles. The second-order valence-electron chi connectivity index (χ2n) is 9.49. The molecule has 0 saturated carbocycles. The minimum absolute atomic E-state index is 0.00547. The summed E-state index contributed by atoms with van der Waals surface area (Å²) in [6.45, 7) is 10.2. The molecule has 2 aromatic carbocycles. The minimum Gasteiger partial charge on any atom is -0.491 e. The molecule has 172 valence electrons. The van der Waals surface area contributed by atoms with Crippen LogP contribution in [0.25, 0.3) is 0 Å². The molecule has 32 heavy (non-hydrogen) atoms. The lowest BCUT2D eigenvalue weighted by molar-refractivity contribution is -0.142. The first-order valence-corrected chi connectivity index (χ1v) is 11.7. The fraction of sp³-hybridized carbons (Fsp3) is 0.481. The Morgan fingerprint density at radius 1 is 1.00 bits per heavy atom. The zero-order valence-corrected chi connectivity index (χ0v) is 19.8. The molecule has 0 bridgehead atoms. The molecule has 2 amide bonds. The number of para-hydroxylation sites is 1. The molecule has 0 unspecified atom stereocenters. The maximum absolute atomic E-state index is 13.5. The normalized spacial score (nSPS) is 18.2. The zero-order valence-electron chi connectivity index (χ0n) is 19.8. The predicted octanol–water partition coefficient (Wildman–Crippen LogP) is 4.81. The first-order valence-electron chi connectivity index (χ1n) is 11.7. The van der Waals surface area contributed by atoms with Gasteiger partial charge in [-0.05, 0) is 43.9 Å². The molecule has 1 atom stereocenters. The van der Waals surface area contributed by atoms with E-state index in [0.717, 1.165) is 12.8 Å². The van der Waals surface area contributed by atoms with Crippen LogP contribution in [-0.4, -0.2) is 53.9 Å².